The smallest absolute Gasteiger partial charge is 0.264 e. The molecular formula is C37H39Cl2N3O5S. The number of methoxy groups -OCH3 is 1. The Morgan fingerprint density at radius 3 is 2.12 bits per heavy atom. The molecule has 1 atom stereocenters. The molecule has 0 aliphatic heterocycles. The van der Waals surface area contributed by atoms with Gasteiger partial charge in [0.05, 0.1) is 22.7 Å². The van der Waals surface area contributed by atoms with Crippen molar-refractivity contribution in [2.45, 2.75) is 62.0 Å². The topological polar surface area (TPSA) is 96.0 Å². The molecule has 0 aromatic heterocycles. The Labute approximate surface area is 292 Å². The van der Waals surface area contributed by atoms with E-state index < -0.39 is 28.5 Å². The van der Waals surface area contributed by atoms with E-state index in [0.717, 1.165) is 47.5 Å². The van der Waals surface area contributed by atoms with Crippen molar-refractivity contribution in [3.8, 4) is 5.75 Å². The van der Waals surface area contributed by atoms with E-state index in [9.17, 15) is 18.0 Å². The predicted molar refractivity (Wildman–Crippen MR) is 190 cm³/mol. The van der Waals surface area contributed by atoms with Crippen LogP contribution in [0.25, 0.3) is 0 Å². The van der Waals surface area contributed by atoms with E-state index in [1.165, 1.54) is 30.2 Å². The molecule has 1 fully saturated rings. The van der Waals surface area contributed by atoms with E-state index in [1.807, 2.05) is 30.3 Å². The minimum atomic E-state index is -4.26. The minimum absolute atomic E-state index is 0.00451. The average Bonchev–Trinajstić information content (AvgIpc) is 3.10. The van der Waals surface area contributed by atoms with Gasteiger partial charge in [0.15, 0.2) is 0 Å². The summed E-state index contributed by atoms with van der Waals surface area (Å²) in [6, 6.07) is 28.0. The Morgan fingerprint density at radius 2 is 1.50 bits per heavy atom. The molecular weight excluding hydrogens is 669 g/mol. The summed E-state index contributed by atoms with van der Waals surface area (Å²) in [5.41, 5.74) is 1.78. The van der Waals surface area contributed by atoms with Crippen molar-refractivity contribution in [1.29, 1.82) is 0 Å². The second kappa shape index (κ2) is 16.4. The van der Waals surface area contributed by atoms with Crippen LogP contribution in [-0.2, 0) is 32.6 Å². The number of rotatable bonds is 13. The molecule has 1 aliphatic rings. The van der Waals surface area contributed by atoms with Crippen molar-refractivity contribution in [3.63, 3.8) is 0 Å². The number of amides is 2. The molecule has 4 aromatic carbocycles. The van der Waals surface area contributed by atoms with Gasteiger partial charge in [-0.2, -0.15) is 0 Å². The van der Waals surface area contributed by atoms with Crippen LogP contribution in [0.2, 0.25) is 10.0 Å². The van der Waals surface area contributed by atoms with Gasteiger partial charge in [-0.15, -0.1) is 0 Å². The first-order valence-corrected chi connectivity index (χ1v) is 18.1. The van der Waals surface area contributed by atoms with Crippen LogP contribution in [0.1, 0.15) is 43.2 Å². The fourth-order valence-corrected chi connectivity index (χ4v) is 7.75. The number of carbonyl (C=O) groups is 2. The molecule has 1 saturated carbocycles. The van der Waals surface area contributed by atoms with Gasteiger partial charge in [-0.25, -0.2) is 8.42 Å². The number of benzene rings is 4. The third-order valence-electron chi connectivity index (χ3n) is 8.52. The Morgan fingerprint density at radius 1 is 0.854 bits per heavy atom. The number of ether oxygens (including phenoxy) is 1. The van der Waals surface area contributed by atoms with E-state index >= 15 is 0 Å². The number of halogens is 2. The SMILES string of the molecule is COc1ccc(N(CC(=O)N(Cc2ccc(Cl)cc2)[C@H](Cc2ccccc2)C(=O)NC2CCCCC2)S(=O)(=O)c2ccccc2)cc1Cl. The number of hydrogen-bond donors (Lipinski definition) is 1. The molecule has 0 spiro atoms. The highest BCUT2D eigenvalue weighted by molar-refractivity contribution is 7.92. The number of nitrogens with one attached hydrogen (secondary N) is 1. The minimum Gasteiger partial charge on any atom is -0.495 e. The van der Waals surface area contributed by atoms with Gasteiger partial charge in [0.25, 0.3) is 10.0 Å². The molecule has 11 heteroatoms. The lowest BCUT2D eigenvalue weighted by molar-refractivity contribution is -0.140. The molecule has 2 amide bonds. The monoisotopic (exact) mass is 707 g/mol. The molecule has 252 valence electrons. The zero-order valence-electron chi connectivity index (χ0n) is 26.7. The number of nitrogens with zero attached hydrogens (tertiary/aromatic N) is 2. The highest BCUT2D eigenvalue weighted by atomic mass is 35.5. The first-order valence-electron chi connectivity index (χ1n) is 16.0. The Bertz CT molecular complexity index is 1790. The molecule has 4 aromatic rings. The van der Waals surface area contributed by atoms with Crippen molar-refractivity contribution in [2.24, 2.45) is 0 Å². The lowest BCUT2D eigenvalue weighted by Crippen LogP contribution is -2.55. The van der Waals surface area contributed by atoms with Gasteiger partial charge in [0.2, 0.25) is 11.8 Å². The number of sulfonamides is 1. The second-order valence-corrected chi connectivity index (χ2v) is 14.5. The third kappa shape index (κ3) is 8.89. The largest absolute Gasteiger partial charge is 0.495 e. The quantitative estimate of drug-likeness (QED) is 0.158. The molecule has 48 heavy (non-hydrogen) atoms. The van der Waals surface area contributed by atoms with Crippen LogP contribution in [0.5, 0.6) is 5.75 Å². The summed E-state index contributed by atoms with van der Waals surface area (Å²) < 4.78 is 34.7. The first-order chi connectivity index (χ1) is 23.2. The van der Waals surface area contributed by atoms with E-state index in [4.69, 9.17) is 27.9 Å². The van der Waals surface area contributed by atoms with Gasteiger partial charge in [-0.05, 0) is 66.4 Å². The van der Waals surface area contributed by atoms with Crippen molar-refractivity contribution < 1.29 is 22.7 Å². The summed E-state index contributed by atoms with van der Waals surface area (Å²) in [6.45, 7) is -0.538. The van der Waals surface area contributed by atoms with E-state index in [0.29, 0.717) is 10.8 Å². The van der Waals surface area contributed by atoms with Gasteiger partial charge in [0.1, 0.15) is 18.3 Å². The summed E-state index contributed by atoms with van der Waals surface area (Å²) in [5.74, 6) is -0.482. The van der Waals surface area contributed by atoms with Crippen LogP contribution < -0.4 is 14.4 Å². The van der Waals surface area contributed by atoms with E-state index in [2.05, 4.69) is 5.32 Å². The molecule has 1 N–H and O–H groups in total. The van der Waals surface area contributed by atoms with Crippen molar-refractivity contribution >= 4 is 50.7 Å². The summed E-state index contributed by atoms with van der Waals surface area (Å²) in [4.78, 5) is 30.4. The maximum atomic E-state index is 14.7. The Balaban J connectivity index is 1.57. The highest BCUT2D eigenvalue weighted by Crippen LogP contribution is 2.32. The molecule has 0 saturated heterocycles. The molecule has 1 aliphatic carbocycles. The molecule has 0 heterocycles. The van der Waals surface area contributed by atoms with Crippen LogP contribution in [0, 0.1) is 0 Å². The standard InChI is InChI=1S/C37H39Cl2N3O5S/c1-47-35-22-21-31(24-33(35)39)42(48(45,46)32-15-9-4-10-16-32)26-36(43)41(25-28-17-19-29(38)20-18-28)34(23-27-11-5-2-6-12-27)37(44)40-30-13-7-3-8-14-30/h2,4-6,9-12,15-22,24,30,34H,3,7-8,13-14,23,25-26H2,1H3,(H,40,44)/t34-/m1/s1. The van der Waals surface area contributed by atoms with Crippen molar-refractivity contribution in [3.05, 3.63) is 124 Å². The fourth-order valence-electron chi connectivity index (χ4n) is 5.94. The van der Waals surface area contributed by atoms with Crippen LogP contribution in [0.4, 0.5) is 5.69 Å². The molecule has 0 bridgehead atoms. The summed E-state index contributed by atoms with van der Waals surface area (Å²) in [7, 11) is -2.80. The van der Waals surface area contributed by atoms with Crippen molar-refractivity contribution in [1.82, 2.24) is 10.2 Å². The molecule has 8 nitrogen and oxygen atoms in total. The molecule has 5 rings (SSSR count). The highest BCUT2D eigenvalue weighted by Gasteiger charge is 2.35. The van der Waals surface area contributed by atoms with Crippen LogP contribution in [0.15, 0.2) is 108 Å². The van der Waals surface area contributed by atoms with Gasteiger partial charge >= 0.3 is 0 Å². The average molecular weight is 709 g/mol. The van der Waals surface area contributed by atoms with Crippen LogP contribution in [-0.4, -0.2) is 50.9 Å². The summed E-state index contributed by atoms with van der Waals surface area (Å²) >= 11 is 12.6. The zero-order valence-corrected chi connectivity index (χ0v) is 29.1. The van der Waals surface area contributed by atoms with E-state index in [-0.39, 0.29) is 40.5 Å². The summed E-state index contributed by atoms with van der Waals surface area (Å²) in [6.07, 6.45) is 5.16. The maximum Gasteiger partial charge on any atom is 0.264 e. The normalized spacial score (nSPS) is 14.1. The van der Waals surface area contributed by atoms with Gasteiger partial charge < -0.3 is 15.0 Å². The second-order valence-electron chi connectivity index (χ2n) is 11.8. The van der Waals surface area contributed by atoms with Gasteiger partial charge in [-0.1, -0.05) is 103 Å². The number of hydrogen-bond acceptors (Lipinski definition) is 5. The molecule has 0 radical (unpaired) electrons. The fraction of sp³-hybridized carbons (Fsp3) is 0.297. The Hall–Kier alpha value is -4.05. The first kappa shape index (κ1) is 35.3. The lowest BCUT2D eigenvalue weighted by atomic mass is 9.94. The third-order valence-corrected chi connectivity index (χ3v) is 10.9. The van der Waals surface area contributed by atoms with Gasteiger partial charge in [-0.3, -0.25) is 13.9 Å². The zero-order chi connectivity index (χ0) is 34.1. The Kier molecular flexibility index (Phi) is 12.0. The van der Waals surface area contributed by atoms with Gasteiger partial charge in [0, 0.05) is 24.0 Å². The van der Waals surface area contributed by atoms with Crippen LogP contribution in [0.3, 0.4) is 0 Å². The summed E-state index contributed by atoms with van der Waals surface area (Å²) in [5, 5.41) is 3.93. The van der Waals surface area contributed by atoms with Crippen molar-refractivity contribution in [2.75, 3.05) is 18.0 Å². The lowest BCUT2D eigenvalue weighted by Gasteiger charge is -2.35. The number of anilines is 1. The number of carbonyl (C=O) groups excluding carboxylic acids is 2. The maximum absolute atomic E-state index is 14.7. The molecule has 0 unspecified atom stereocenters. The predicted octanol–water partition coefficient (Wildman–Crippen LogP) is 7.29. The van der Waals surface area contributed by atoms with E-state index in [1.54, 1.807) is 54.6 Å². The van der Waals surface area contributed by atoms with Crippen LogP contribution >= 0.6 is 23.2 Å².